The van der Waals surface area contributed by atoms with E-state index in [1.165, 1.54) is 31.0 Å². The number of thioether (sulfide) groups is 1. The van der Waals surface area contributed by atoms with Gasteiger partial charge in [-0.3, -0.25) is 19.8 Å². The van der Waals surface area contributed by atoms with E-state index in [9.17, 15) is 14.9 Å². The van der Waals surface area contributed by atoms with E-state index >= 15 is 0 Å². The molecule has 0 unspecified atom stereocenters. The van der Waals surface area contributed by atoms with Gasteiger partial charge in [0.2, 0.25) is 5.91 Å². The molecule has 8 heteroatoms. The zero-order valence-electron chi connectivity index (χ0n) is 12.6. The molecule has 0 bridgehead atoms. The first-order chi connectivity index (χ1) is 11.5. The van der Waals surface area contributed by atoms with E-state index in [-0.39, 0.29) is 22.7 Å². The zero-order valence-corrected chi connectivity index (χ0v) is 14.2. The maximum atomic E-state index is 12.4. The van der Waals surface area contributed by atoms with Crippen molar-refractivity contribution in [3.8, 4) is 5.75 Å². The molecule has 0 spiro atoms. The molecule has 1 atom stereocenters. The molecule has 3 rings (SSSR count). The molecule has 124 valence electrons. The van der Waals surface area contributed by atoms with E-state index in [4.69, 9.17) is 16.3 Å². The minimum atomic E-state index is -0.449. The van der Waals surface area contributed by atoms with Crippen LogP contribution in [0.3, 0.4) is 0 Å². The molecular weight excluding hydrogens is 352 g/mol. The first-order valence-corrected chi connectivity index (χ1v) is 8.45. The van der Waals surface area contributed by atoms with E-state index in [0.29, 0.717) is 22.0 Å². The molecular formula is C16H13ClN2O4S. The molecule has 24 heavy (non-hydrogen) atoms. The smallest absolute Gasteiger partial charge is 0.269 e. The Morgan fingerprint density at radius 1 is 1.33 bits per heavy atom. The van der Waals surface area contributed by atoms with Crippen LogP contribution in [-0.4, -0.2) is 23.7 Å². The molecule has 0 N–H and O–H groups in total. The molecule has 0 saturated carbocycles. The van der Waals surface area contributed by atoms with Gasteiger partial charge < -0.3 is 4.74 Å². The number of ether oxygens (including phenoxy) is 1. The summed E-state index contributed by atoms with van der Waals surface area (Å²) >= 11 is 7.48. The third-order valence-electron chi connectivity index (χ3n) is 3.63. The number of nitro benzene ring substituents is 1. The molecule has 1 saturated heterocycles. The summed E-state index contributed by atoms with van der Waals surface area (Å²) in [7, 11) is 1.52. The van der Waals surface area contributed by atoms with Gasteiger partial charge >= 0.3 is 0 Å². The van der Waals surface area contributed by atoms with Crippen molar-refractivity contribution in [3.05, 3.63) is 63.2 Å². The number of anilines is 1. The van der Waals surface area contributed by atoms with Crippen LogP contribution in [0.25, 0.3) is 0 Å². The third kappa shape index (κ3) is 3.05. The number of benzene rings is 2. The number of rotatable bonds is 4. The van der Waals surface area contributed by atoms with Crippen molar-refractivity contribution in [1.82, 2.24) is 0 Å². The van der Waals surface area contributed by atoms with Crippen LogP contribution in [0.15, 0.2) is 42.5 Å². The van der Waals surface area contributed by atoms with Crippen molar-refractivity contribution >= 4 is 40.6 Å². The number of nitro groups is 1. The number of amides is 1. The highest BCUT2D eigenvalue weighted by Gasteiger charge is 2.36. The Labute approximate surface area is 147 Å². The maximum absolute atomic E-state index is 12.4. The van der Waals surface area contributed by atoms with Gasteiger partial charge in [-0.05, 0) is 23.8 Å². The molecule has 1 aliphatic heterocycles. The second-order valence-electron chi connectivity index (χ2n) is 5.10. The van der Waals surface area contributed by atoms with Crippen molar-refractivity contribution in [2.45, 2.75) is 5.37 Å². The Bertz CT molecular complexity index is 814. The highest BCUT2D eigenvalue weighted by atomic mass is 35.5. The lowest BCUT2D eigenvalue weighted by Gasteiger charge is -2.26. The van der Waals surface area contributed by atoms with Gasteiger partial charge in [-0.25, -0.2) is 0 Å². The van der Waals surface area contributed by atoms with Crippen LogP contribution >= 0.6 is 23.4 Å². The molecule has 1 aliphatic rings. The first-order valence-electron chi connectivity index (χ1n) is 7.03. The number of hydrogen-bond acceptors (Lipinski definition) is 5. The van der Waals surface area contributed by atoms with Crippen molar-refractivity contribution in [2.24, 2.45) is 0 Å². The summed E-state index contributed by atoms with van der Waals surface area (Å²) in [4.78, 5) is 24.6. The van der Waals surface area contributed by atoms with Crippen LogP contribution in [0.5, 0.6) is 5.75 Å². The molecule has 1 fully saturated rings. The van der Waals surface area contributed by atoms with E-state index in [1.54, 1.807) is 35.2 Å². The zero-order chi connectivity index (χ0) is 17.3. The Balaban J connectivity index is 2.06. The van der Waals surface area contributed by atoms with Gasteiger partial charge in [-0.1, -0.05) is 23.7 Å². The van der Waals surface area contributed by atoms with Gasteiger partial charge in [-0.2, -0.15) is 0 Å². The lowest BCUT2D eigenvalue weighted by atomic mass is 10.1. The first kappa shape index (κ1) is 16.6. The van der Waals surface area contributed by atoms with E-state index < -0.39 is 4.92 Å². The minimum absolute atomic E-state index is 0.00884. The SMILES string of the molecule is COc1ccc(Cl)cc1N1C(=O)CS[C@H]1c1cccc([N+](=O)[O-])c1. The molecule has 2 aromatic rings. The van der Waals surface area contributed by atoms with Gasteiger partial charge in [0.15, 0.2) is 0 Å². The molecule has 2 aromatic carbocycles. The van der Waals surface area contributed by atoms with Gasteiger partial charge in [0, 0.05) is 17.2 Å². The van der Waals surface area contributed by atoms with Crippen LogP contribution in [0, 0.1) is 10.1 Å². The molecule has 0 aliphatic carbocycles. The highest BCUT2D eigenvalue weighted by molar-refractivity contribution is 8.00. The predicted molar refractivity (Wildman–Crippen MR) is 93.8 cm³/mol. The van der Waals surface area contributed by atoms with Crippen LogP contribution in [0.4, 0.5) is 11.4 Å². The Morgan fingerprint density at radius 3 is 2.83 bits per heavy atom. The standard InChI is InChI=1S/C16H13ClN2O4S/c1-23-14-6-5-11(17)8-13(14)18-15(20)9-24-16(18)10-3-2-4-12(7-10)19(21)22/h2-8,16H,9H2,1H3/t16-/m0/s1. The molecule has 0 radical (unpaired) electrons. The summed E-state index contributed by atoms with van der Waals surface area (Å²) in [6.07, 6.45) is 0. The van der Waals surface area contributed by atoms with Crippen LogP contribution in [0.1, 0.15) is 10.9 Å². The lowest BCUT2D eigenvalue weighted by Crippen LogP contribution is -2.28. The Hall–Kier alpha value is -2.25. The molecule has 6 nitrogen and oxygen atoms in total. The van der Waals surface area contributed by atoms with Gasteiger partial charge in [-0.15, -0.1) is 11.8 Å². The largest absolute Gasteiger partial charge is 0.495 e. The lowest BCUT2D eigenvalue weighted by molar-refractivity contribution is -0.384. The average molecular weight is 365 g/mol. The topological polar surface area (TPSA) is 72.7 Å². The van der Waals surface area contributed by atoms with Crippen molar-refractivity contribution in [3.63, 3.8) is 0 Å². The fourth-order valence-corrected chi connectivity index (χ4v) is 3.90. The summed E-state index contributed by atoms with van der Waals surface area (Å²) in [5.41, 5.74) is 1.23. The number of halogens is 1. The van der Waals surface area contributed by atoms with Gasteiger partial charge in [0.05, 0.1) is 23.5 Å². The Kier molecular flexibility index (Phi) is 4.64. The number of nitrogens with zero attached hydrogens (tertiary/aromatic N) is 2. The monoisotopic (exact) mass is 364 g/mol. The summed E-state index contributed by atoms with van der Waals surface area (Å²) in [6, 6.07) is 11.3. The summed E-state index contributed by atoms with van der Waals surface area (Å²) in [6.45, 7) is 0. The second-order valence-corrected chi connectivity index (χ2v) is 6.60. The van der Waals surface area contributed by atoms with E-state index in [1.807, 2.05) is 0 Å². The fourth-order valence-electron chi connectivity index (χ4n) is 2.57. The summed E-state index contributed by atoms with van der Waals surface area (Å²) in [5, 5.41) is 11.1. The Morgan fingerprint density at radius 2 is 2.12 bits per heavy atom. The highest BCUT2D eigenvalue weighted by Crippen LogP contribution is 2.45. The fraction of sp³-hybridized carbons (Fsp3) is 0.188. The average Bonchev–Trinajstić information content (AvgIpc) is 2.96. The minimum Gasteiger partial charge on any atom is -0.495 e. The van der Waals surface area contributed by atoms with Crippen LogP contribution in [0.2, 0.25) is 5.02 Å². The normalized spacial score (nSPS) is 17.2. The summed E-state index contributed by atoms with van der Waals surface area (Å²) in [5.74, 6) is 0.700. The molecule has 1 amide bonds. The number of carbonyl (C=O) groups excluding carboxylic acids is 1. The maximum Gasteiger partial charge on any atom is 0.269 e. The molecule has 1 heterocycles. The van der Waals surface area contributed by atoms with Crippen molar-refractivity contribution in [2.75, 3.05) is 17.8 Å². The van der Waals surface area contributed by atoms with Crippen LogP contribution in [-0.2, 0) is 4.79 Å². The quantitative estimate of drug-likeness (QED) is 0.604. The number of carbonyl (C=O) groups is 1. The third-order valence-corrected chi connectivity index (χ3v) is 5.08. The van der Waals surface area contributed by atoms with Crippen LogP contribution < -0.4 is 9.64 Å². The van der Waals surface area contributed by atoms with E-state index in [2.05, 4.69) is 0 Å². The number of hydrogen-bond donors (Lipinski definition) is 0. The number of non-ortho nitro benzene ring substituents is 1. The second kappa shape index (κ2) is 6.70. The molecule has 0 aromatic heterocycles. The number of methoxy groups -OCH3 is 1. The summed E-state index contributed by atoms with van der Waals surface area (Å²) < 4.78 is 5.34. The van der Waals surface area contributed by atoms with Crippen molar-refractivity contribution < 1.29 is 14.5 Å². The van der Waals surface area contributed by atoms with Gasteiger partial charge in [0.25, 0.3) is 5.69 Å². The van der Waals surface area contributed by atoms with E-state index in [0.717, 1.165) is 0 Å². The van der Waals surface area contributed by atoms with Gasteiger partial charge in [0.1, 0.15) is 11.1 Å². The van der Waals surface area contributed by atoms with Crippen molar-refractivity contribution in [1.29, 1.82) is 0 Å². The predicted octanol–water partition coefficient (Wildman–Crippen LogP) is 4.04.